The Kier molecular flexibility index (Phi) is 7.58. The normalized spacial score (nSPS) is 10.4. The number of nitrogens with one attached hydrogen (secondary N) is 2. The molecule has 112 valence electrons. The zero-order chi connectivity index (χ0) is 15.0. The third-order valence-corrected chi connectivity index (χ3v) is 3.45. The molecule has 2 N–H and O–H groups in total. The molecule has 20 heavy (non-hydrogen) atoms. The van der Waals surface area contributed by atoms with Gasteiger partial charge in [0.1, 0.15) is 0 Å². The highest BCUT2D eigenvalue weighted by Gasteiger charge is 2.10. The average molecular weight is 344 g/mol. The maximum atomic E-state index is 11.7. The van der Waals surface area contributed by atoms with Crippen LogP contribution in [0.5, 0.6) is 0 Å². The van der Waals surface area contributed by atoms with Crippen LogP contribution in [0.15, 0.2) is 22.7 Å². The minimum atomic E-state index is -0.0178. The van der Waals surface area contributed by atoms with Crippen LogP contribution in [-0.2, 0) is 16.1 Å². The van der Waals surface area contributed by atoms with Crippen molar-refractivity contribution >= 4 is 27.5 Å². The maximum Gasteiger partial charge on any atom is 0.239 e. The fraction of sp³-hybridized carbons (Fsp3) is 0.500. The predicted molar refractivity (Wildman–Crippen MR) is 85.1 cm³/mol. The van der Waals surface area contributed by atoms with E-state index in [2.05, 4.69) is 38.7 Å². The zero-order valence-electron chi connectivity index (χ0n) is 12.2. The fourth-order valence-electron chi connectivity index (χ4n) is 1.82. The summed E-state index contributed by atoms with van der Waals surface area (Å²) < 4.78 is 5.88. The van der Waals surface area contributed by atoms with Gasteiger partial charge >= 0.3 is 0 Å². The number of methoxy groups -OCH3 is 1. The molecule has 0 saturated carbocycles. The molecule has 0 heterocycles. The number of anilines is 1. The number of halogens is 1. The Morgan fingerprint density at radius 2 is 2.20 bits per heavy atom. The first-order valence-corrected chi connectivity index (χ1v) is 7.27. The molecule has 0 bridgehead atoms. The molecule has 0 radical (unpaired) electrons. The number of amides is 1. The number of rotatable bonds is 8. The summed E-state index contributed by atoms with van der Waals surface area (Å²) in [6.07, 6.45) is 0. The Morgan fingerprint density at radius 1 is 1.45 bits per heavy atom. The van der Waals surface area contributed by atoms with Crippen molar-refractivity contribution in [1.29, 1.82) is 0 Å². The number of nitrogens with zero attached hydrogens (tertiary/aromatic N) is 1. The van der Waals surface area contributed by atoms with Crippen molar-refractivity contribution in [2.75, 3.05) is 45.8 Å². The lowest BCUT2D eigenvalue weighted by molar-refractivity contribution is -0.119. The summed E-state index contributed by atoms with van der Waals surface area (Å²) in [5.74, 6) is -0.0178. The molecule has 1 aromatic carbocycles. The number of hydrogen-bond donors (Lipinski definition) is 2. The summed E-state index contributed by atoms with van der Waals surface area (Å²) in [7, 11) is 5.42. The van der Waals surface area contributed by atoms with Crippen LogP contribution in [0.4, 0.5) is 5.69 Å². The lowest BCUT2D eigenvalue weighted by Gasteiger charge is -2.20. The number of ether oxygens (including phenoxy) is 1. The van der Waals surface area contributed by atoms with Crippen LogP contribution >= 0.6 is 15.9 Å². The van der Waals surface area contributed by atoms with Gasteiger partial charge in [-0.2, -0.15) is 0 Å². The molecular formula is C14H22BrN3O2. The molecular weight excluding hydrogens is 322 g/mol. The van der Waals surface area contributed by atoms with E-state index in [4.69, 9.17) is 4.74 Å². The van der Waals surface area contributed by atoms with Crippen LogP contribution in [0.25, 0.3) is 0 Å². The van der Waals surface area contributed by atoms with Gasteiger partial charge in [-0.25, -0.2) is 0 Å². The fourth-order valence-corrected chi connectivity index (χ4v) is 2.55. The molecule has 1 amide bonds. The van der Waals surface area contributed by atoms with Gasteiger partial charge in [-0.3, -0.25) is 4.79 Å². The standard InChI is InChI=1S/C14H22BrN3O2/c1-16-9-11-4-5-13(12(15)8-11)18(2)10-14(19)17-6-7-20-3/h4-5,8,16H,6-7,9-10H2,1-3H3,(H,17,19). The second-order valence-electron chi connectivity index (χ2n) is 4.51. The second kappa shape index (κ2) is 8.94. The molecule has 1 rings (SSSR count). The predicted octanol–water partition coefficient (Wildman–Crippen LogP) is 1.37. The Bertz CT molecular complexity index is 440. The van der Waals surface area contributed by atoms with Crippen LogP contribution < -0.4 is 15.5 Å². The van der Waals surface area contributed by atoms with Gasteiger partial charge in [0.2, 0.25) is 5.91 Å². The van der Waals surface area contributed by atoms with E-state index in [9.17, 15) is 4.79 Å². The number of carbonyl (C=O) groups is 1. The van der Waals surface area contributed by atoms with E-state index in [1.807, 2.05) is 25.1 Å². The molecule has 0 spiro atoms. The highest BCUT2D eigenvalue weighted by atomic mass is 79.9. The molecule has 0 fully saturated rings. The molecule has 0 unspecified atom stereocenters. The van der Waals surface area contributed by atoms with Crippen LogP contribution in [0, 0.1) is 0 Å². The van der Waals surface area contributed by atoms with E-state index < -0.39 is 0 Å². The quantitative estimate of drug-likeness (QED) is 0.700. The number of benzene rings is 1. The van der Waals surface area contributed by atoms with Gasteiger partial charge in [-0.1, -0.05) is 6.07 Å². The molecule has 6 heteroatoms. The smallest absolute Gasteiger partial charge is 0.239 e. The van der Waals surface area contributed by atoms with Gasteiger partial charge < -0.3 is 20.3 Å². The maximum absolute atomic E-state index is 11.7. The summed E-state index contributed by atoms with van der Waals surface area (Å²) in [6, 6.07) is 6.13. The SMILES string of the molecule is CNCc1ccc(N(C)CC(=O)NCCOC)c(Br)c1. The van der Waals surface area contributed by atoms with Gasteiger partial charge in [-0.05, 0) is 40.7 Å². The molecule has 0 aliphatic carbocycles. The number of carbonyl (C=O) groups excluding carboxylic acids is 1. The third-order valence-electron chi connectivity index (χ3n) is 2.81. The van der Waals surface area contributed by atoms with Crippen LogP contribution in [-0.4, -0.2) is 46.8 Å². The van der Waals surface area contributed by atoms with Crippen molar-refractivity contribution in [3.8, 4) is 0 Å². The lowest BCUT2D eigenvalue weighted by Crippen LogP contribution is -2.36. The Balaban J connectivity index is 2.58. The molecule has 5 nitrogen and oxygen atoms in total. The van der Waals surface area contributed by atoms with E-state index in [1.165, 1.54) is 5.56 Å². The van der Waals surface area contributed by atoms with Gasteiger partial charge in [0.25, 0.3) is 0 Å². The van der Waals surface area contributed by atoms with Gasteiger partial charge in [0, 0.05) is 31.7 Å². The highest BCUT2D eigenvalue weighted by Crippen LogP contribution is 2.26. The van der Waals surface area contributed by atoms with E-state index >= 15 is 0 Å². The lowest BCUT2D eigenvalue weighted by atomic mass is 10.2. The van der Waals surface area contributed by atoms with Crippen molar-refractivity contribution in [2.45, 2.75) is 6.54 Å². The topological polar surface area (TPSA) is 53.6 Å². The Morgan fingerprint density at radius 3 is 2.80 bits per heavy atom. The molecule has 0 saturated heterocycles. The largest absolute Gasteiger partial charge is 0.383 e. The van der Waals surface area contributed by atoms with Crippen LogP contribution in [0.2, 0.25) is 0 Å². The first kappa shape index (κ1) is 16.9. The van der Waals surface area contributed by atoms with E-state index in [-0.39, 0.29) is 5.91 Å². The molecule has 0 atom stereocenters. The van der Waals surface area contributed by atoms with Crippen molar-refractivity contribution in [3.05, 3.63) is 28.2 Å². The van der Waals surface area contributed by atoms with Crippen molar-refractivity contribution in [2.24, 2.45) is 0 Å². The summed E-state index contributed by atoms with van der Waals surface area (Å²) in [4.78, 5) is 13.7. The van der Waals surface area contributed by atoms with Crippen LogP contribution in [0.3, 0.4) is 0 Å². The summed E-state index contributed by atoms with van der Waals surface area (Å²) in [6.45, 7) is 2.19. The second-order valence-corrected chi connectivity index (χ2v) is 5.37. The summed E-state index contributed by atoms with van der Waals surface area (Å²) in [5, 5.41) is 5.91. The number of hydrogen-bond acceptors (Lipinski definition) is 4. The van der Waals surface area contributed by atoms with Crippen molar-refractivity contribution < 1.29 is 9.53 Å². The van der Waals surface area contributed by atoms with Crippen molar-refractivity contribution in [1.82, 2.24) is 10.6 Å². The zero-order valence-corrected chi connectivity index (χ0v) is 13.8. The summed E-state index contributed by atoms with van der Waals surface area (Å²) >= 11 is 3.55. The molecule has 1 aromatic rings. The molecule has 0 aromatic heterocycles. The van der Waals surface area contributed by atoms with E-state index in [0.29, 0.717) is 19.7 Å². The first-order valence-electron chi connectivity index (χ1n) is 6.48. The number of likely N-dealkylation sites (N-methyl/N-ethyl adjacent to an activating group) is 1. The minimum Gasteiger partial charge on any atom is -0.383 e. The third kappa shape index (κ3) is 5.48. The summed E-state index contributed by atoms with van der Waals surface area (Å²) in [5.41, 5.74) is 2.19. The van der Waals surface area contributed by atoms with E-state index in [1.54, 1.807) is 7.11 Å². The first-order chi connectivity index (χ1) is 9.58. The molecule has 0 aliphatic heterocycles. The monoisotopic (exact) mass is 343 g/mol. The van der Waals surface area contributed by atoms with Crippen molar-refractivity contribution in [3.63, 3.8) is 0 Å². The Labute approximate surface area is 128 Å². The minimum absolute atomic E-state index is 0.0178. The van der Waals surface area contributed by atoms with Gasteiger partial charge in [0.15, 0.2) is 0 Å². The van der Waals surface area contributed by atoms with Gasteiger partial charge in [0.05, 0.1) is 18.8 Å². The highest BCUT2D eigenvalue weighted by molar-refractivity contribution is 9.10. The Hall–Kier alpha value is -1.11. The molecule has 0 aliphatic rings. The van der Waals surface area contributed by atoms with E-state index in [0.717, 1.165) is 16.7 Å². The average Bonchev–Trinajstić information content (AvgIpc) is 2.39. The van der Waals surface area contributed by atoms with Crippen LogP contribution in [0.1, 0.15) is 5.56 Å². The van der Waals surface area contributed by atoms with Gasteiger partial charge in [-0.15, -0.1) is 0 Å².